The van der Waals surface area contributed by atoms with E-state index in [9.17, 15) is 4.79 Å². The van der Waals surface area contributed by atoms with Crippen LogP contribution in [0.5, 0.6) is 5.75 Å². The summed E-state index contributed by atoms with van der Waals surface area (Å²) in [6.45, 7) is 2.52. The van der Waals surface area contributed by atoms with Crippen LogP contribution >= 0.6 is 27.5 Å². The standard InChI is InChI=1S/C12H16BrClN2O3/c1-7(12(17)16-3-4-18-2)19-11-9(13)5-8(14)6-10(11)15/h5-7H,3-4,15H2,1-2H3,(H,16,17). The molecule has 0 fully saturated rings. The van der Waals surface area contributed by atoms with E-state index in [2.05, 4.69) is 21.2 Å². The molecule has 5 nitrogen and oxygen atoms in total. The van der Waals surface area contributed by atoms with Crippen LogP contribution in [-0.4, -0.2) is 32.3 Å². The number of ether oxygens (including phenoxy) is 2. The predicted octanol–water partition coefficient (Wildman–Crippen LogP) is 2.21. The molecule has 1 amide bonds. The summed E-state index contributed by atoms with van der Waals surface area (Å²) >= 11 is 9.15. The number of rotatable bonds is 6. The molecule has 3 N–H and O–H groups in total. The first-order valence-electron chi connectivity index (χ1n) is 5.63. The average molecular weight is 352 g/mol. The van der Waals surface area contributed by atoms with E-state index in [0.717, 1.165) is 0 Å². The number of carbonyl (C=O) groups is 1. The number of halogens is 2. The fraction of sp³-hybridized carbons (Fsp3) is 0.417. The molecule has 0 saturated carbocycles. The fourth-order valence-electron chi connectivity index (χ4n) is 1.35. The van der Waals surface area contributed by atoms with E-state index in [1.54, 1.807) is 26.2 Å². The Hall–Kier alpha value is -0.980. The molecule has 1 rings (SSSR count). The molecule has 1 atom stereocenters. The van der Waals surface area contributed by atoms with E-state index in [1.807, 2.05) is 0 Å². The molecule has 0 aromatic heterocycles. The lowest BCUT2D eigenvalue weighted by Crippen LogP contribution is -2.38. The van der Waals surface area contributed by atoms with Crippen molar-refractivity contribution >= 4 is 39.1 Å². The maximum atomic E-state index is 11.7. The second-order valence-corrected chi connectivity index (χ2v) is 5.14. The maximum Gasteiger partial charge on any atom is 0.260 e. The molecule has 0 saturated heterocycles. The first-order chi connectivity index (χ1) is 8.95. The van der Waals surface area contributed by atoms with Gasteiger partial charge in [-0.1, -0.05) is 11.6 Å². The quantitative estimate of drug-likeness (QED) is 0.609. The number of nitrogens with two attached hydrogens (primary N) is 1. The second kappa shape index (κ2) is 7.57. The van der Waals surface area contributed by atoms with Crippen LogP contribution in [0.1, 0.15) is 6.92 Å². The lowest BCUT2D eigenvalue weighted by atomic mass is 10.3. The van der Waals surface area contributed by atoms with Crippen molar-refractivity contribution in [3.63, 3.8) is 0 Å². The third kappa shape index (κ3) is 4.89. The Labute approximate surface area is 125 Å². The summed E-state index contributed by atoms with van der Waals surface area (Å²) in [6, 6.07) is 3.22. The Morgan fingerprint density at radius 3 is 2.84 bits per heavy atom. The topological polar surface area (TPSA) is 73.6 Å². The van der Waals surface area contributed by atoms with E-state index in [1.165, 1.54) is 0 Å². The first kappa shape index (κ1) is 16.1. The van der Waals surface area contributed by atoms with Crippen molar-refractivity contribution in [1.82, 2.24) is 5.32 Å². The highest BCUT2D eigenvalue weighted by Crippen LogP contribution is 2.35. The van der Waals surface area contributed by atoms with Crippen molar-refractivity contribution in [2.45, 2.75) is 13.0 Å². The summed E-state index contributed by atoms with van der Waals surface area (Å²) in [5, 5.41) is 3.18. The third-order valence-corrected chi connectivity index (χ3v) is 3.11. The normalized spacial score (nSPS) is 12.0. The molecule has 7 heteroatoms. The molecule has 0 spiro atoms. The largest absolute Gasteiger partial charge is 0.478 e. The highest BCUT2D eigenvalue weighted by atomic mass is 79.9. The zero-order valence-corrected chi connectivity index (χ0v) is 13.0. The minimum Gasteiger partial charge on any atom is -0.478 e. The van der Waals surface area contributed by atoms with Crippen LogP contribution in [0.25, 0.3) is 0 Å². The molecule has 106 valence electrons. The van der Waals surface area contributed by atoms with Gasteiger partial charge in [-0.25, -0.2) is 0 Å². The van der Waals surface area contributed by atoms with Gasteiger partial charge in [-0.15, -0.1) is 0 Å². The number of hydrogen-bond donors (Lipinski definition) is 2. The summed E-state index contributed by atoms with van der Waals surface area (Å²) in [5.74, 6) is 0.164. The van der Waals surface area contributed by atoms with Crippen molar-refractivity contribution in [2.75, 3.05) is 26.0 Å². The highest BCUT2D eigenvalue weighted by molar-refractivity contribution is 9.10. The zero-order chi connectivity index (χ0) is 14.4. The number of nitrogens with one attached hydrogen (secondary N) is 1. The van der Waals surface area contributed by atoms with Crippen LogP contribution in [0.3, 0.4) is 0 Å². The monoisotopic (exact) mass is 350 g/mol. The van der Waals surface area contributed by atoms with Gasteiger partial charge in [0.2, 0.25) is 0 Å². The Bertz CT molecular complexity index is 434. The van der Waals surface area contributed by atoms with Crippen LogP contribution in [0.15, 0.2) is 16.6 Å². The lowest BCUT2D eigenvalue weighted by Gasteiger charge is -2.17. The van der Waals surface area contributed by atoms with Gasteiger partial charge in [0.15, 0.2) is 11.9 Å². The van der Waals surface area contributed by atoms with Gasteiger partial charge in [-0.05, 0) is 35.0 Å². The van der Waals surface area contributed by atoms with E-state index in [4.69, 9.17) is 26.8 Å². The van der Waals surface area contributed by atoms with Crippen molar-refractivity contribution in [1.29, 1.82) is 0 Å². The molecule has 0 aliphatic carbocycles. The molecule has 1 unspecified atom stereocenters. The first-order valence-corrected chi connectivity index (χ1v) is 6.80. The van der Waals surface area contributed by atoms with Gasteiger partial charge in [0.1, 0.15) is 0 Å². The SMILES string of the molecule is COCCNC(=O)C(C)Oc1c(N)cc(Cl)cc1Br. The van der Waals surface area contributed by atoms with E-state index in [0.29, 0.717) is 34.1 Å². The van der Waals surface area contributed by atoms with E-state index < -0.39 is 6.10 Å². The number of hydrogen-bond acceptors (Lipinski definition) is 4. The molecule has 0 bridgehead atoms. The molecule has 0 aliphatic heterocycles. The highest BCUT2D eigenvalue weighted by Gasteiger charge is 2.17. The summed E-state index contributed by atoms with van der Waals surface area (Å²) in [4.78, 5) is 11.7. The van der Waals surface area contributed by atoms with Gasteiger partial charge in [0.25, 0.3) is 5.91 Å². The van der Waals surface area contributed by atoms with Gasteiger partial charge < -0.3 is 20.5 Å². The van der Waals surface area contributed by atoms with Crippen LogP contribution in [0.4, 0.5) is 5.69 Å². The summed E-state index contributed by atoms with van der Waals surface area (Å²) in [7, 11) is 1.57. The van der Waals surface area contributed by atoms with Gasteiger partial charge >= 0.3 is 0 Å². The minimum atomic E-state index is -0.670. The van der Waals surface area contributed by atoms with Crippen LogP contribution in [0.2, 0.25) is 5.02 Å². The molecular formula is C12H16BrClN2O3. The van der Waals surface area contributed by atoms with Gasteiger partial charge in [-0.3, -0.25) is 4.79 Å². The van der Waals surface area contributed by atoms with Gasteiger partial charge in [0, 0.05) is 18.7 Å². The van der Waals surface area contributed by atoms with E-state index >= 15 is 0 Å². The Morgan fingerprint density at radius 2 is 2.26 bits per heavy atom. The van der Waals surface area contributed by atoms with Crippen LogP contribution in [-0.2, 0) is 9.53 Å². The average Bonchev–Trinajstić information content (AvgIpc) is 2.33. The molecule has 1 aromatic carbocycles. The number of methoxy groups -OCH3 is 1. The maximum absolute atomic E-state index is 11.7. The van der Waals surface area contributed by atoms with E-state index in [-0.39, 0.29) is 5.91 Å². The molecule has 0 aliphatic rings. The van der Waals surface area contributed by atoms with Crippen LogP contribution < -0.4 is 15.8 Å². The van der Waals surface area contributed by atoms with Crippen molar-refractivity contribution < 1.29 is 14.3 Å². The molecule has 19 heavy (non-hydrogen) atoms. The summed E-state index contributed by atoms with van der Waals surface area (Å²) < 4.78 is 11.0. The number of amides is 1. The molecular weight excluding hydrogens is 336 g/mol. The minimum absolute atomic E-state index is 0.238. The van der Waals surface area contributed by atoms with Gasteiger partial charge in [0.05, 0.1) is 16.8 Å². The Kier molecular flexibility index (Phi) is 6.41. The van der Waals surface area contributed by atoms with Crippen molar-refractivity contribution in [2.24, 2.45) is 0 Å². The second-order valence-electron chi connectivity index (χ2n) is 3.85. The summed E-state index contributed by atoms with van der Waals surface area (Å²) in [5.41, 5.74) is 6.17. The number of benzene rings is 1. The van der Waals surface area contributed by atoms with Crippen molar-refractivity contribution in [3.8, 4) is 5.75 Å². The fourth-order valence-corrected chi connectivity index (χ4v) is 2.28. The molecule has 0 radical (unpaired) electrons. The Morgan fingerprint density at radius 1 is 1.58 bits per heavy atom. The Balaban J connectivity index is 2.66. The lowest BCUT2D eigenvalue weighted by molar-refractivity contribution is -0.127. The smallest absolute Gasteiger partial charge is 0.260 e. The number of carbonyl (C=O) groups excluding carboxylic acids is 1. The molecule has 1 aromatic rings. The van der Waals surface area contributed by atoms with Crippen LogP contribution in [0, 0.1) is 0 Å². The van der Waals surface area contributed by atoms with Crippen molar-refractivity contribution in [3.05, 3.63) is 21.6 Å². The third-order valence-electron chi connectivity index (χ3n) is 2.31. The number of anilines is 1. The predicted molar refractivity (Wildman–Crippen MR) is 78.5 cm³/mol. The zero-order valence-electron chi connectivity index (χ0n) is 10.7. The number of nitrogen functional groups attached to an aromatic ring is 1. The van der Waals surface area contributed by atoms with Gasteiger partial charge in [-0.2, -0.15) is 0 Å². The molecule has 0 heterocycles. The summed E-state index contributed by atoms with van der Waals surface area (Å²) in [6.07, 6.45) is -0.670.